The Bertz CT molecular complexity index is 920. The summed E-state index contributed by atoms with van der Waals surface area (Å²) in [6, 6.07) is 3.58. The van der Waals surface area contributed by atoms with Crippen LogP contribution in [0.3, 0.4) is 0 Å². The molecule has 1 amide bonds. The van der Waals surface area contributed by atoms with E-state index in [4.69, 9.17) is 4.74 Å². The van der Waals surface area contributed by atoms with Crippen molar-refractivity contribution in [1.82, 2.24) is 25.2 Å². The van der Waals surface area contributed by atoms with E-state index in [0.717, 1.165) is 5.56 Å². The van der Waals surface area contributed by atoms with Gasteiger partial charge in [-0.1, -0.05) is 6.08 Å². The van der Waals surface area contributed by atoms with Crippen molar-refractivity contribution in [1.29, 1.82) is 0 Å². The van der Waals surface area contributed by atoms with Crippen LogP contribution in [-0.2, 0) is 4.79 Å². The average molecular weight is 384 g/mol. The van der Waals surface area contributed by atoms with Crippen molar-refractivity contribution in [2.75, 3.05) is 45.7 Å². The molecule has 0 unspecified atom stereocenters. The third-order valence-corrected chi connectivity index (χ3v) is 4.71. The summed E-state index contributed by atoms with van der Waals surface area (Å²) in [6.45, 7) is 1.80. The number of rotatable bonds is 7. The van der Waals surface area contributed by atoms with Crippen molar-refractivity contribution in [2.45, 2.75) is 6.04 Å². The number of anilines is 1. The molecule has 0 aliphatic carbocycles. The Labute approximate surface area is 163 Å². The van der Waals surface area contributed by atoms with Crippen LogP contribution in [0.5, 0.6) is 5.88 Å². The van der Waals surface area contributed by atoms with Crippen LogP contribution in [0, 0.1) is 0 Å². The molecule has 3 rings (SSSR count). The summed E-state index contributed by atoms with van der Waals surface area (Å²) < 4.78 is 5.13. The predicted molar refractivity (Wildman–Crippen MR) is 106 cm³/mol. The van der Waals surface area contributed by atoms with E-state index in [0.29, 0.717) is 36.9 Å². The van der Waals surface area contributed by atoms with E-state index < -0.39 is 0 Å². The lowest BCUT2D eigenvalue weighted by Crippen LogP contribution is -2.60. The molecule has 1 aliphatic rings. The minimum Gasteiger partial charge on any atom is -0.481 e. The lowest BCUT2D eigenvalue weighted by atomic mass is 10.1. The number of likely N-dealkylation sites (N-methyl/N-ethyl adjacent to an activating group) is 2. The molecule has 0 saturated carbocycles. The number of ether oxygens (including phenoxy) is 1. The molecule has 9 nitrogen and oxygen atoms in total. The number of likely N-dealkylation sites (tertiary alicyclic amines) is 1. The van der Waals surface area contributed by atoms with E-state index in [1.165, 1.54) is 13.4 Å². The van der Waals surface area contributed by atoms with Gasteiger partial charge in [-0.25, -0.2) is 9.97 Å². The van der Waals surface area contributed by atoms with Gasteiger partial charge in [-0.3, -0.25) is 9.59 Å². The van der Waals surface area contributed by atoms with Crippen LogP contribution in [0.2, 0.25) is 0 Å². The Morgan fingerprint density at radius 1 is 1.43 bits per heavy atom. The van der Waals surface area contributed by atoms with Crippen molar-refractivity contribution in [3.63, 3.8) is 0 Å². The maximum absolute atomic E-state index is 12.3. The monoisotopic (exact) mass is 384 g/mol. The fourth-order valence-electron chi connectivity index (χ4n) is 2.95. The lowest BCUT2D eigenvalue weighted by Gasteiger charge is -2.44. The standard InChI is InChI=1S/C19H24N6O3/c1-20-6-4-5-18(26)25-10-14(11-25)24(2)16-7-13(9-21-19(16)27)15-8-17(28-3)23-12-22-15/h4-5,7-9,12,14,20H,6,10-11H2,1-3H3,(H,21,27). The van der Waals surface area contributed by atoms with Crippen molar-refractivity contribution >= 4 is 11.6 Å². The molecular weight excluding hydrogens is 360 g/mol. The third-order valence-electron chi connectivity index (χ3n) is 4.71. The van der Waals surface area contributed by atoms with Crippen molar-refractivity contribution in [3.8, 4) is 17.1 Å². The second-order valence-corrected chi connectivity index (χ2v) is 6.52. The van der Waals surface area contributed by atoms with Gasteiger partial charge in [0.05, 0.1) is 18.8 Å². The number of methoxy groups -OCH3 is 1. The number of pyridine rings is 1. The van der Waals surface area contributed by atoms with Gasteiger partial charge < -0.3 is 24.8 Å². The molecule has 148 valence electrons. The Kier molecular flexibility index (Phi) is 6.05. The van der Waals surface area contributed by atoms with E-state index >= 15 is 0 Å². The van der Waals surface area contributed by atoms with Gasteiger partial charge in [-0.2, -0.15) is 0 Å². The third kappa shape index (κ3) is 4.20. The van der Waals surface area contributed by atoms with E-state index in [9.17, 15) is 9.59 Å². The van der Waals surface area contributed by atoms with Gasteiger partial charge in [0.15, 0.2) is 0 Å². The number of aromatic nitrogens is 3. The molecule has 2 aromatic rings. The molecule has 0 spiro atoms. The highest BCUT2D eigenvalue weighted by Gasteiger charge is 2.33. The number of aromatic amines is 1. The van der Waals surface area contributed by atoms with Crippen LogP contribution in [0.25, 0.3) is 11.3 Å². The van der Waals surface area contributed by atoms with E-state index in [1.54, 1.807) is 35.4 Å². The largest absolute Gasteiger partial charge is 0.481 e. The van der Waals surface area contributed by atoms with Crippen LogP contribution in [0.1, 0.15) is 0 Å². The molecule has 2 aromatic heterocycles. The fourth-order valence-corrected chi connectivity index (χ4v) is 2.95. The number of carbonyl (C=O) groups is 1. The second-order valence-electron chi connectivity index (χ2n) is 6.52. The number of H-pyrrole nitrogens is 1. The summed E-state index contributed by atoms with van der Waals surface area (Å²) >= 11 is 0. The zero-order chi connectivity index (χ0) is 20.1. The Balaban J connectivity index is 1.72. The number of hydrogen-bond donors (Lipinski definition) is 2. The van der Waals surface area contributed by atoms with Crippen molar-refractivity contribution in [3.05, 3.63) is 47.2 Å². The SMILES string of the molecule is CNCC=CC(=O)N1CC(N(C)c2cc(-c3cc(OC)ncn3)c[nH]c2=O)C1. The number of nitrogens with zero attached hydrogens (tertiary/aromatic N) is 4. The van der Waals surface area contributed by atoms with Crippen LogP contribution >= 0.6 is 0 Å². The quantitative estimate of drug-likeness (QED) is 0.660. The summed E-state index contributed by atoms with van der Waals surface area (Å²) in [5.74, 6) is 0.432. The molecular formula is C19H24N6O3. The molecule has 3 heterocycles. The first kappa shape index (κ1) is 19.6. The first-order valence-corrected chi connectivity index (χ1v) is 8.95. The number of nitrogens with one attached hydrogen (secondary N) is 2. The summed E-state index contributed by atoms with van der Waals surface area (Å²) in [5, 5.41) is 2.96. The molecule has 9 heteroatoms. The average Bonchev–Trinajstić information content (AvgIpc) is 2.67. The minimum atomic E-state index is -0.189. The van der Waals surface area contributed by atoms with Crippen LogP contribution in [0.4, 0.5) is 5.69 Å². The topological polar surface area (TPSA) is 103 Å². The number of hydrogen-bond acceptors (Lipinski definition) is 7. The van der Waals surface area contributed by atoms with Gasteiger partial charge in [0.1, 0.15) is 12.0 Å². The maximum atomic E-state index is 12.3. The normalized spacial score (nSPS) is 14.2. The smallest absolute Gasteiger partial charge is 0.271 e. The van der Waals surface area contributed by atoms with E-state index in [-0.39, 0.29) is 17.5 Å². The molecule has 2 N–H and O–H groups in total. The molecule has 1 fully saturated rings. The highest BCUT2D eigenvalue weighted by Crippen LogP contribution is 2.24. The summed E-state index contributed by atoms with van der Waals surface area (Å²) in [6.07, 6.45) is 6.40. The first-order chi connectivity index (χ1) is 13.5. The molecule has 0 aromatic carbocycles. The van der Waals surface area contributed by atoms with Gasteiger partial charge in [-0.05, 0) is 13.1 Å². The van der Waals surface area contributed by atoms with Crippen molar-refractivity contribution < 1.29 is 9.53 Å². The summed E-state index contributed by atoms with van der Waals surface area (Å²) in [7, 11) is 5.22. The molecule has 28 heavy (non-hydrogen) atoms. The van der Waals surface area contributed by atoms with Gasteiger partial charge in [0.2, 0.25) is 11.8 Å². The summed E-state index contributed by atoms with van der Waals surface area (Å²) in [5.41, 5.74) is 1.74. The fraction of sp³-hybridized carbons (Fsp3) is 0.368. The van der Waals surface area contributed by atoms with Crippen LogP contribution < -0.4 is 20.5 Å². The number of carbonyl (C=O) groups excluding carboxylic acids is 1. The Hall–Kier alpha value is -3.20. The zero-order valence-electron chi connectivity index (χ0n) is 16.2. The Morgan fingerprint density at radius 2 is 2.21 bits per heavy atom. The highest BCUT2D eigenvalue weighted by molar-refractivity contribution is 5.88. The van der Waals surface area contributed by atoms with Gasteiger partial charge in [0.25, 0.3) is 5.56 Å². The molecule has 0 atom stereocenters. The molecule has 0 bridgehead atoms. The van der Waals surface area contributed by atoms with Gasteiger partial charge >= 0.3 is 0 Å². The lowest BCUT2D eigenvalue weighted by molar-refractivity contribution is -0.130. The van der Waals surface area contributed by atoms with Gasteiger partial charge in [-0.15, -0.1) is 0 Å². The second kappa shape index (κ2) is 8.66. The predicted octanol–water partition coefficient (Wildman–Crippen LogP) is 0.263. The molecule has 1 aliphatic heterocycles. The maximum Gasteiger partial charge on any atom is 0.271 e. The molecule has 1 saturated heterocycles. The highest BCUT2D eigenvalue weighted by atomic mass is 16.5. The molecule has 0 radical (unpaired) electrons. The van der Waals surface area contributed by atoms with Crippen molar-refractivity contribution in [2.24, 2.45) is 0 Å². The Morgan fingerprint density at radius 3 is 2.93 bits per heavy atom. The van der Waals surface area contributed by atoms with Crippen LogP contribution in [-0.4, -0.2) is 72.6 Å². The van der Waals surface area contributed by atoms with E-state index in [1.807, 2.05) is 19.0 Å². The summed E-state index contributed by atoms with van der Waals surface area (Å²) in [4.78, 5) is 39.1. The van der Waals surface area contributed by atoms with Crippen LogP contribution in [0.15, 0.2) is 41.6 Å². The first-order valence-electron chi connectivity index (χ1n) is 8.95. The minimum absolute atomic E-state index is 0.0179. The van der Waals surface area contributed by atoms with E-state index in [2.05, 4.69) is 20.3 Å². The zero-order valence-corrected chi connectivity index (χ0v) is 16.2. The number of amides is 1. The van der Waals surface area contributed by atoms with Gasteiger partial charge in [0, 0.05) is 50.6 Å².